The molecule has 1 aromatic rings. The maximum atomic E-state index is 10.6. The van der Waals surface area contributed by atoms with Gasteiger partial charge in [0.15, 0.2) is 0 Å². The minimum atomic E-state index is -0.974. The summed E-state index contributed by atoms with van der Waals surface area (Å²) in [6.07, 6.45) is 2.72. The zero-order chi connectivity index (χ0) is 10.4. The van der Waals surface area contributed by atoms with Gasteiger partial charge in [0.05, 0.1) is 11.6 Å². The maximum absolute atomic E-state index is 10.6. The van der Waals surface area contributed by atoms with Crippen LogP contribution in [0.1, 0.15) is 10.4 Å². The molecule has 0 bridgehead atoms. The average molecular weight is 188 g/mol. The fourth-order valence-electron chi connectivity index (χ4n) is 0.917. The molecule has 14 heavy (non-hydrogen) atoms. The number of aromatic carboxylic acids is 1. The summed E-state index contributed by atoms with van der Waals surface area (Å²) in [5.41, 5.74) is 0.844. The number of benzene rings is 1. The van der Waals surface area contributed by atoms with E-state index in [0.717, 1.165) is 0 Å². The highest BCUT2D eigenvalue weighted by Gasteiger charge is 2.01. The first kappa shape index (κ1) is 9.81. The molecular formula is C10H8N2O2. The van der Waals surface area contributed by atoms with Crippen molar-refractivity contribution in [2.24, 2.45) is 0 Å². The van der Waals surface area contributed by atoms with Gasteiger partial charge in [0.2, 0.25) is 0 Å². The first-order valence-electron chi connectivity index (χ1n) is 3.88. The summed E-state index contributed by atoms with van der Waals surface area (Å²) >= 11 is 0. The minimum Gasteiger partial charge on any atom is -0.478 e. The molecule has 0 aromatic heterocycles. The minimum absolute atomic E-state index is 0.209. The summed E-state index contributed by atoms with van der Waals surface area (Å²) in [5.74, 6) is -0.974. The van der Waals surface area contributed by atoms with E-state index in [1.54, 1.807) is 12.1 Å². The van der Waals surface area contributed by atoms with E-state index in [1.165, 1.54) is 24.4 Å². The smallest absolute Gasteiger partial charge is 0.335 e. The van der Waals surface area contributed by atoms with Crippen molar-refractivity contribution in [2.75, 3.05) is 5.32 Å². The number of carbonyl (C=O) groups is 1. The fraction of sp³-hybridized carbons (Fsp3) is 0. The zero-order valence-corrected chi connectivity index (χ0v) is 7.27. The van der Waals surface area contributed by atoms with Crippen LogP contribution in [0.3, 0.4) is 0 Å². The molecule has 0 aliphatic carbocycles. The number of anilines is 1. The number of carboxylic acid groups (broad SMARTS) is 1. The lowest BCUT2D eigenvalue weighted by Crippen LogP contribution is -1.97. The highest BCUT2D eigenvalue weighted by atomic mass is 16.4. The first-order chi connectivity index (χ1) is 6.74. The van der Waals surface area contributed by atoms with E-state index in [0.29, 0.717) is 5.69 Å². The van der Waals surface area contributed by atoms with Gasteiger partial charge in [-0.2, -0.15) is 5.26 Å². The predicted molar refractivity (Wildman–Crippen MR) is 51.8 cm³/mol. The Bertz CT molecular complexity index is 405. The van der Waals surface area contributed by atoms with E-state index in [9.17, 15) is 4.79 Å². The molecule has 4 nitrogen and oxygen atoms in total. The Labute approximate surface area is 81.1 Å². The van der Waals surface area contributed by atoms with Gasteiger partial charge < -0.3 is 10.4 Å². The fourth-order valence-corrected chi connectivity index (χ4v) is 0.917. The van der Waals surface area contributed by atoms with E-state index in [2.05, 4.69) is 5.32 Å². The van der Waals surface area contributed by atoms with Crippen LogP contribution in [0.15, 0.2) is 36.5 Å². The normalized spacial score (nSPS) is 9.64. The van der Waals surface area contributed by atoms with Crippen LogP contribution in [-0.4, -0.2) is 11.1 Å². The van der Waals surface area contributed by atoms with Crippen LogP contribution in [-0.2, 0) is 0 Å². The number of nitriles is 1. The third kappa shape index (κ3) is 2.64. The van der Waals surface area contributed by atoms with Crippen LogP contribution in [0.25, 0.3) is 0 Å². The Kier molecular flexibility index (Phi) is 3.27. The number of carboxylic acids is 1. The van der Waals surface area contributed by atoms with Crippen LogP contribution in [0, 0.1) is 11.3 Å². The SMILES string of the molecule is N#C/C=C/Nc1cccc(C(=O)O)c1. The zero-order valence-electron chi connectivity index (χ0n) is 7.27. The molecule has 0 aliphatic rings. The Balaban J connectivity index is 2.79. The van der Waals surface area contributed by atoms with Crippen molar-refractivity contribution in [1.29, 1.82) is 5.26 Å². The Morgan fingerprint density at radius 1 is 1.57 bits per heavy atom. The third-order valence-electron chi connectivity index (χ3n) is 1.52. The molecule has 0 radical (unpaired) electrons. The van der Waals surface area contributed by atoms with Crippen molar-refractivity contribution in [3.8, 4) is 6.07 Å². The molecule has 0 heterocycles. The standard InChI is InChI=1S/C10H8N2O2/c11-5-2-6-12-9-4-1-3-8(7-9)10(13)14/h1-4,6-7,12H,(H,13,14)/b6-2+. The van der Waals surface area contributed by atoms with Crippen LogP contribution >= 0.6 is 0 Å². The second kappa shape index (κ2) is 4.67. The van der Waals surface area contributed by atoms with Gasteiger partial charge in [0.1, 0.15) is 0 Å². The number of rotatable bonds is 3. The van der Waals surface area contributed by atoms with E-state index >= 15 is 0 Å². The van der Waals surface area contributed by atoms with Crippen molar-refractivity contribution in [2.45, 2.75) is 0 Å². The maximum Gasteiger partial charge on any atom is 0.335 e. The Morgan fingerprint density at radius 3 is 3.00 bits per heavy atom. The molecule has 0 atom stereocenters. The van der Waals surface area contributed by atoms with Gasteiger partial charge in [0.25, 0.3) is 0 Å². The molecule has 0 unspecified atom stereocenters. The van der Waals surface area contributed by atoms with E-state index in [1.807, 2.05) is 6.07 Å². The topological polar surface area (TPSA) is 73.1 Å². The Hall–Kier alpha value is -2.28. The lowest BCUT2D eigenvalue weighted by Gasteiger charge is -2.00. The molecule has 1 aromatic carbocycles. The highest BCUT2D eigenvalue weighted by Crippen LogP contribution is 2.10. The number of hydrogen-bond donors (Lipinski definition) is 2. The molecule has 0 spiro atoms. The van der Waals surface area contributed by atoms with Gasteiger partial charge in [-0.15, -0.1) is 0 Å². The van der Waals surface area contributed by atoms with Gasteiger partial charge >= 0.3 is 5.97 Å². The van der Waals surface area contributed by atoms with Crippen LogP contribution in [0.4, 0.5) is 5.69 Å². The number of nitrogens with one attached hydrogen (secondary N) is 1. The predicted octanol–water partition coefficient (Wildman–Crippen LogP) is 1.83. The summed E-state index contributed by atoms with van der Waals surface area (Å²) in [4.78, 5) is 10.6. The monoisotopic (exact) mass is 188 g/mol. The molecule has 0 aliphatic heterocycles. The summed E-state index contributed by atoms with van der Waals surface area (Å²) < 4.78 is 0. The second-order valence-electron chi connectivity index (χ2n) is 2.49. The lowest BCUT2D eigenvalue weighted by molar-refractivity contribution is 0.0697. The lowest BCUT2D eigenvalue weighted by atomic mass is 10.2. The molecule has 2 N–H and O–H groups in total. The van der Waals surface area contributed by atoms with E-state index in [4.69, 9.17) is 10.4 Å². The van der Waals surface area contributed by atoms with Gasteiger partial charge in [-0.25, -0.2) is 4.79 Å². The van der Waals surface area contributed by atoms with Gasteiger partial charge in [-0.1, -0.05) is 6.07 Å². The molecule has 0 saturated heterocycles. The van der Waals surface area contributed by atoms with E-state index in [-0.39, 0.29) is 5.56 Å². The van der Waals surface area contributed by atoms with Crippen molar-refractivity contribution in [3.63, 3.8) is 0 Å². The summed E-state index contributed by atoms with van der Waals surface area (Å²) in [5, 5.41) is 19.7. The van der Waals surface area contributed by atoms with E-state index < -0.39 is 5.97 Å². The molecule has 1 rings (SSSR count). The molecule has 0 amide bonds. The molecular weight excluding hydrogens is 180 g/mol. The summed E-state index contributed by atoms with van der Waals surface area (Å²) in [6, 6.07) is 8.15. The van der Waals surface area contributed by atoms with Gasteiger partial charge in [0, 0.05) is 18.0 Å². The largest absolute Gasteiger partial charge is 0.478 e. The van der Waals surface area contributed by atoms with Crippen molar-refractivity contribution in [3.05, 3.63) is 42.1 Å². The van der Waals surface area contributed by atoms with Crippen LogP contribution in [0.5, 0.6) is 0 Å². The van der Waals surface area contributed by atoms with Crippen LogP contribution in [0.2, 0.25) is 0 Å². The Morgan fingerprint density at radius 2 is 2.36 bits per heavy atom. The number of nitrogens with zero attached hydrogens (tertiary/aromatic N) is 1. The second-order valence-corrected chi connectivity index (χ2v) is 2.49. The molecule has 4 heteroatoms. The first-order valence-corrected chi connectivity index (χ1v) is 3.88. The highest BCUT2D eigenvalue weighted by molar-refractivity contribution is 5.88. The summed E-state index contributed by atoms with van der Waals surface area (Å²) in [7, 11) is 0. The third-order valence-corrected chi connectivity index (χ3v) is 1.52. The van der Waals surface area contributed by atoms with Gasteiger partial charge in [-0.3, -0.25) is 0 Å². The van der Waals surface area contributed by atoms with Crippen molar-refractivity contribution < 1.29 is 9.90 Å². The molecule has 0 fully saturated rings. The average Bonchev–Trinajstić information content (AvgIpc) is 2.19. The summed E-state index contributed by atoms with van der Waals surface area (Å²) in [6.45, 7) is 0. The number of allylic oxidation sites excluding steroid dienone is 1. The number of hydrogen-bond acceptors (Lipinski definition) is 3. The molecule has 70 valence electrons. The van der Waals surface area contributed by atoms with Crippen molar-refractivity contribution in [1.82, 2.24) is 0 Å². The molecule has 0 saturated carbocycles. The quantitative estimate of drug-likeness (QED) is 0.710. The van der Waals surface area contributed by atoms with Crippen LogP contribution < -0.4 is 5.32 Å². The van der Waals surface area contributed by atoms with Crippen molar-refractivity contribution >= 4 is 11.7 Å². The van der Waals surface area contributed by atoms with Gasteiger partial charge in [-0.05, 0) is 18.2 Å².